The summed E-state index contributed by atoms with van der Waals surface area (Å²) in [5, 5.41) is 0.953. The molecule has 2 rings (SSSR count). The summed E-state index contributed by atoms with van der Waals surface area (Å²) < 4.78 is 15.0. The molecule has 0 aliphatic rings. The Morgan fingerprint density at radius 3 is 3.00 bits per heavy atom. The second-order valence-electron chi connectivity index (χ2n) is 3.24. The lowest BCUT2D eigenvalue weighted by Crippen LogP contribution is -1.91. The summed E-state index contributed by atoms with van der Waals surface area (Å²) in [6, 6.07) is 6.80. The van der Waals surface area contributed by atoms with Crippen molar-refractivity contribution in [1.82, 2.24) is 4.57 Å². The third kappa shape index (κ3) is 1.55. The van der Waals surface area contributed by atoms with Crippen LogP contribution in [0, 0.1) is 5.82 Å². The van der Waals surface area contributed by atoms with Gasteiger partial charge in [0.05, 0.1) is 0 Å². The van der Waals surface area contributed by atoms with Crippen molar-refractivity contribution in [3.63, 3.8) is 0 Å². The molecule has 0 unspecified atom stereocenters. The number of allylic oxidation sites excluding steroid dienone is 2. The van der Waals surface area contributed by atoms with Gasteiger partial charge in [-0.2, -0.15) is 0 Å². The fourth-order valence-corrected chi connectivity index (χ4v) is 1.55. The van der Waals surface area contributed by atoms with Gasteiger partial charge < -0.3 is 4.57 Å². The predicted molar refractivity (Wildman–Crippen MR) is 56.7 cm³/mol. The Kier molecular flexibility index (Phi) is 2.35. The zero-order chi connectivity index (χ0) is 9.97. The summed E-state index contributed by atoms with van der Waals surface area (Å²) in [6.07, 6.45) is 6.06. The number of aromatic nitrogens is 1. The van der Waals surface area contributed by atoms with E-state index in [1.165, 1.54) is 6.07 Å². The van der Waals surface area contributed by atoms with Crippen LogP contribution in [0.4, 0.5) is 4.39 Å². The highest BCUT2D eigenvalue weighted by molar-refractivity contribution is 5.80. The summed E-state index contributed by atoms with van der Waals surface area (Å²) in [5.74, 6) is -0.179. The number of benzene rings is 1. The number of rotatable bonds is 2. The molecule has 2 heteroatoms. The van der Waals surface area contributed by atoms with Crippen LogP contribution in [-0.4, -0.2) is 4.57 Å². The summed E-state index contributed by atoms with van der Waals surface area (Å²) in [7, 11) is 0. The lowest BCUT2D eigenvalue weighted by molar-refractivity contribution is 0.629. The van der Waals surface area contributed by atoms with Crippen LogP contribution in [0.3, 0.4) is 0 Å². The molecule has 0 bridgehead atoms. The van der Waals surface area contributed by atoms with Crippen molar-refractivity contribution in [2.45, 2.75) is 13.5 Å². The van der Waals surface area contributed by atoms with Crippen molar-refractivity contribution < 1.29 is 4.39 Å². The maximum atomic E-state index is 12.9. The van der Waals surface area contributed by atoms with E-state index in [4.69, 9.17) is 0 Å². The van der Waals surface area contributed by atoms with Gasteiger partial charge >= 0.3 is 0 Å². The van der Waals surface area contributed by atoms with Crippen LogP contribution in [0.15, 0.2) is 42.6 Å². The molecule has 0 saturated carbocycles. The second-order valence-corrected chi connectivity index (χ2v) is 3.24. The molecule has 1 heterocycles. The fraction of sp³-hybridized carbons (Fsp3) is 0.167. The zero-order valence-corrected chi connectivity index (χ0v) is 8.07. The van der Waals surface area contributed by atoms with Gasteiger partial charge in [0.2, 0.25) is 0 Å². The Morgan fingerprint density at radius 1 is 1.36 bits per heavy atom. The third-order valence-corrected chi connectivity index (χ3v) is 2.27. The van der Waals surface area contributed by atoms with E-state index in [1.807, 2.05) is 31.3 Å². The quantitative estimate of drug-likeness (QED) is 0.638. The average Bonchev–Trinajstić information content (AvgIpc) is 2.57. The zero-order valence-electron chi connectivity index (χ0n) is 8.07. The van der Waals surface area contributed by atoms with Crippen LogP contribution in [0.5, 0.6) is 0 Å². The topological polar surface area (TPSA) is 4.93 Å². The lowest BCUT2D eigenvalue weighted by atomic mass is 10.2. The largest absolute Gasteiger partial charge is 0.344 e. The lowest BCUT2D eigenvalue weighted by Gasteiger charge is -2.00. The van der Waals surface area contributed by atoms with Crippen molar-refractivity contribution in [2.75, 3.05) is 0 Å². The molecule has 0 aliphatic heterocycles. The van der Waals surface area contributed by atoms with E-state index in [-0.39, 0.29) is 5.82 Å². The van der Waals surface area contributed by atoms with Crippen LogP contribution in [0.25, 0.3) is 10.9 Å². The highest BCUT2D eigenvalue weighted by Crippen LogP contribution is 2.16. The monoisotopic (exact) mass is 189 g/mol. The molecule has 14 heavy (non-hydrogen) atoms. The Hall–Kier alpha value is -1.57. The van der Waals surface area contributed by atoms with E-state index in [1.54, 1.807) is 6.07 Å². The van der Waals surface area contributed by atoms with E-state index in [0.717, 1.165) is 17.4 Å². The Bertz CT molecular complexity index is 468. The van der Waals surface area contributed by atoms with Crippen LogP contribution >= 0.6 is 0 Å². The molecule has 1 aromatic heterocycles. The molecule has 0 atom stereocenters. The van der Waals surface area contributed by atoms with Gasteiger partial charge in [0.25, 0.3) is 0 Å². The Balaban J connectivity index is 2.47. The van der Waals surface area contributed by atoms with Gasteiger partial charge in [-0.1, -0.05) is 12.2 Å². The standard InChI is InChI=1S/C12H12FN/c1-2-3-7-14-8-6-10-9-11(13)4-5-12(10)14/h2-6,8-9H,7H2,1H3/b3-2+. The smallest absolute Gasteiger partial charge is 0.123 e. The molecule has 1 aromatic carbocycles. The average molecular weight is 189 g/mol. The number of fused-ring (bicyclic) bond motifs is 1. The van der Waals surface area contributed by atoms with Gasteiger partial charge in [0, 0.05) is 23.6 Å². The predicted octanol–water partition coefficient (Wildman–Crippen LogP) is 3.36. The number of halogens is 1. The van der Waals surface area contributed by atoms with E-state index >= 15 is 0 Å². The van der Waals surface area contributed by atoms with Crippen molar-refractivity contribution in [2.24, 2.45) is 0 Å². The van der Waals surface area contributed by atoms with E-state index in [2.05, 4.69) is 10.6 Å². The van der Waals surface area contributed by atoms with Crippen molar-refractivity contribution in [1.29, 1.82) is 0 Å². The first-order chi connectivity index (χ1) is 6.81. The maximum Gasteiger partial charge on any atom is 0.123 e. The first-order valence-corrected chi connectivity index (χ1v) is 4.67. The van der Waals surface area contributed by atoms with Crippen molar-refractivity contribution >= 4 is 10.9 Å². The maximum absolute atomic E-state index is 12.9. The summed E-state index contributed by atoms with van der Waals surface area (Å²) in [6.45, 7) is 2.83. The highest BCUT2D eigenvalue weighted by atomic mass is 19.1. The van der Waals surface area contributed by atoms with Gasteiger partial charge in [-0.3, -0.25) is 0 Å². The van der Waals surface area contributed by atoms with Gasteiger partial charge in [0.1, 0.15) is 5.82 Å². The number of hydrogen-bond donors (Lipinski definition) is 0. The molecule has 0 N–H and O–H groups in total. The molecule has 0 amide bonds. The van der Waals surface area contributed by atoms with Gasteiger partial charge in [-0.15, -0.1) is 0 Å². The normalized spacial score (nSPS) is 11.6. The van der Waals surface area contributed by atoms with Crippen LogP contribution in [0.1, 0.15) is 6.92 Å². The van der Waals surface area contributed by atoms with Gasteiger partial charge in [-0.05, 0) is 31.2 Å². The number of hydrogen-bond acceptors (Lipinski definition) is 0. The second kappa shape index (κ2) is 3.66. The summed E-state index contributed by atoms with van der Waals surface area (Å²) >= 11 is 0. The van der Waals surface area contributed by atoms with Gasteiger partial charge in [0.15, 0.2) is 0 Å². The highest BCUT2D eigenvalue weighted by Gasteiger charge is 1.99. The first-order valence-electron chi connectivity index (χ1n) is 4.67. The van der Waals surface area contributed by atoms with E-state index in [0.29, 0.717) is 0 Å². The van der Waals surface area contributed by atoms with Crippen LogP contribution in [0.2, 0.25) is 0 Å². The Labute approximate surface area is 82.5 Å². The van der Waals surface area contributed by atoms with Gasteiger partial charge in [-0.25, -0.2) is 4.39 Å². The SMILES string of the molecule is C/C=C/Cn1ccc2cc(F)ccc21. The van der Waals surface area contributed by atoms with Crippen LogP contribution in [-0.2, 0) is 6.54 Å². The molecule has 72 valence electrons. The van der Waals surface area contributed by atoms with Crippen LogP contribution < -0.4 is 0 Å². The molecular weight excluding hydrogens is 177 g/mol. The molecule has 2 aromatic rings. The third-order valence-electron chi connectivity index (χ3n) is 2.27. The molecular formula is C12H12FN. The molecule has 1 nitrogen and oxygen atoms in total. The molecule has 0 spiro atoms. The fourth-order valence-electron chi connectivity index (χ4n) is 1.55. The van der Waals surface area contributed by atoms with Crippen molar-refractivity contribution in [3.8, 4) is 0 Å². The molecule has 0 radical (unpaired) electrons. The minimum absolute atomic E-state index is 0.179. The first kappa shape index (κ1) is 9.00. The van der Waals surface area contributed by atoms with E-state index in [9.17, 15) is 4.39 Å². The summed E-state index contributed by atoms with van der Waals surface area (Å²) in [5.41, 5.74) is 1.07. The number of nitrogens with zero attached hydrogens (tertiary/aromatic N) is 1. The minimum Gasteiger partial charge on any atom is -0.344 e. The minimum atomic E-state index is -0.179. The van der Waals surface area contributed by atoms with Crippen molar-refractivity contribution in [3.05, 3.63) is 48.4 Å². The summed E-state index contributed by atoms with van der Waals surface area (Å²) in [4.78, 5) is 0. The molecule has 0 aliphatic carbocycles. The Morgan fingerprint density at radius 2 is 2.21 bits per heavy atom. The molecule has 0 fully saturated rings. The molecule has 0 saturated heterocycles. The van der Waals surface area contributed by atoms with E-state index < -0.39 is 0 Å².